The third-order valence-corrected chi connectivity index (χ3v) is 3.27. The first-order chi connectivity index (χ1) is 8.79. The number of rotatable bonds is 5. The molecule has 0 unspecified atom stereocenters. The Bertz CT molecular complexity index is 491. The number of hydrogen-bond acceptors (Lipinski definition) is 1. The molecule has 0 radical (unpaired) electrons. The highest BCUT2D eigenvalue weighted by Gasteiger charge is 1.97. The molecule has 0 heterocycles. The SMILES string of the molecule is Cc1ccccc1CNc1ccc(CCCl)cc1. The van der Waals surface area contributed by atoms with Crippen LogP contribution in [0.15, 0.2) is 48.5 Å². The van der Waals surface area contributed by atoms with Crippen molar-refractivity contribution in [2.75, 3.05) is 11.2 Å². The third-order valence-electron chi connectivity index (χ3n) is 3.08. The van der Waals surface area contributed by atoms with Gasteiger partial charge in [-0.3, -0.25) is 0 Å². The predicted molar refractivity (Wildman–Crippen MR) is 79.4 cm³/mol. The van der Waals surface area contributed by atoms with Gasteiger partial charge in [-0.2, -0.15) is 0 Å². The number of benzene rings is 2. The number of nitrogens with one attached hydrogen (secondary N) is 1. The first-order valence-electron chi connectivity index (χ1n) is 6.23. The Labute approximate surface area is 114 Å². The average Bonchev–Trinajstić information content (AvgIpc) is 2.40. The maximum absolute atomic E-state index is 5.72. The van der Waals surface area contributed by atoms with Gasteiger partial charge in [-0.05, 0) is 42.2 Å². The van der Waals surface area contributed by atoms with Gasteiger partial charge in [0.05, 0.1) is 0 Å². The monoisotopic (exact) mass is 259 g/mol. The molecule has 0 amide bonds. The van der Waals surface area contributed by atoms with Gasteiger partial charge in [0.1, 0.15) is 0 Å². The molecule has 94 valence electrons. The van der Waals surface area contributed by atoms with Gasteiger partial charge in [0.25, 0.3) is 0 Å². The molecule has 1 N–H and O–H groups in total. The van der Waals surface area contributed by atoms with Crippen LogP contribution in [0.3, 0.4) is 0 Å². The van der Waals surface area contributed by atoms with E-state index >= 15 is 0 Å². The van der Waals surface area contributed by atoms with E-state index < -0.39 is 0 Å². The number of halogens is 1. The molecule has 2 heteroatoms. The lowest BCUT2D eigenvalue weighted by Gasteiger charge is -2.09. The number of hydrogen-bond donors (Lipinski definition) is 1. The van der Waals surface area contributed by atoms with Crippen LogP contribution in [0.25, 0.3) is 0 Å². The quantitative estimate of drug-likeness (QED) is 0.786. The Balaban J connectivity index is 1.96. The molecule has 2 aromatic carbocycles. The highest BCUT2D eigenvalue weighted by atomic mass is 35.5. The molecule has 0 spiro atoms. The maximum Gasteiger partial charge on any atom is 0.0403 e. The smallest absolute Gasteiger partial charge is 0.0403 e. The molecule has 0 aliphatic rings. The van der Waals surface area contributed by atoms with E-state index in [1.54, 1.807) is 0 Å². The molecule has 2 aromatic rings. The van der Waals surface area contributed by atoms with Crippen molar-refractivity contribution in [3.05, 3.63) is 65.2 Å². The summed E-state index contributed by atoms with van der Waals surface area (Å²) in [4.78, 5) is 0. The summed E-state index contributed by atoms with van der Waals surface area (Å²) in [7, 11) is 0. The van der Waals surface area contributed by atoms with Crippen LogP contribution >= 0.6 is 11.6 Å². The van der Waals surface area contributed by atoms with E-state index in [-0.39, 0.29) is 0 Å². The van der Waals surface area contributed by atoms with Crippen LogP contribution in [-0.2, 0) is 13.0 Å². The maximum atomic E-state index is 5.72. The molecule has 1 nitrogen and oxygen atoms in total. The van der Waals surface area contributed by atoms with Crippen LogP contribution in [0, 0.1) is 6.92 Å². The molecule has 2 rings (SSSR count). The minimum absolute atomic E-state index is 0.677. The molecule has 0 saturated carbocycles. The summed E-state index contributed by atoms with van der Waals surface area (Å²) in [6.45, 7) is 3.00. The standard InChI is InChI=1S/C16H18ClN/c1-13-4-2-3-5-15(13)12-18-16-8-6-14(7-9-16)10-11-17/h2-9,18H,10-12H2,1H3. The van der Waals surface area contributed by atoms with Crippen molar-refractivity contribution in [3.8, 4) is 0 Å². The van der Waals surface area contributed by atoms with Crippen molar-refractivity contribution in [3.63, 3.8) is 0 Å². The van der Waals surface area contributed by atoms with E-state index in [1.165, 1.54) is 16.7 Å². The van der Waals surface area contributed by atoms with Crippen molar-refractivity contribution in [2.24, 2.45) is 0 Å². The van der Waals surface area contributed by atoms with Crippen LogP contribution in [-0.4, -0.2) is 5.88 Å². The zero-order valence-electron chi connectivity index (χ0n) is 10.6. The Hall–Kier alpha value is -1.47. The highest BCUT2D eigenvalue weighted by Crippen LogP contribution is 2.13. The minimum Gasteiger partial charge on any atom is -0.381 e. The summed E-state index contributed by atoms with van der Waals surface area (Å²) >= 11 is 5.72. The highest BCUT2D eigenvalue weighted by molar-refractivity contribution is 6.17. The van der Waals surface area contributed by atoms with Crippen LogP contribution in [0.5, 0.6) is 0 Å². The molecule has 18 heavy (non-hydrogen) atoms. The first-order valence-corrected chi connectivity index (χ1v) is 6.76. The van der Waals surface area contributed by atoms with Crippen LogP contribution in [0.4, 0.5) is 5.69 Å². The van der Waals surface area contributed by atoms with Crippen LogP contribution < -0.4 is 5.32 Å². The number of alkyl halides is 1. The second-order valence-corrected chi connectivity index (χ2v) is 4.79. The van der Waals surface area contributed by atoms with E-state index in [4.69, 9.17) is 11.6 Å². The van der Waals surface area contributed by atoms with Crippen LogP contribution in [0.1, 0.15) is 16.7 Å². The third kappa shape index (κ3) is 3.51. The van der Waals surface area contributed by atoms with Crippen molar-refractivity contribution in [1.82, 2.24) is 0 Å². The zero-order valence-corrected chi connectivity index (χ0v) is 11.4. The second-order valence-electron chi connectivity index (χ2n) is 4.42. The summed E-state index contributed by atoms with van der Waals surface area (Å²) in [5, 5.41) is 3.44. The normalized spacial score (nSPS) is 10.3. The van der Waals surface area contributed by atoms with E-state index in [9.17, 15) is 0 Å². The fourth-order valence-corrected chi connectivity index (χ4v) is 2.12. The Morgan fingerprint density at radius 3 is 2.39 bits per heavy atom. The molecule has 0 atom stereocenters. The summed E-state index contributed by atoms with van der Waals surface area (Å²) in [5.74, 6) is 0.677. The molecule has 0 fully saturated rings. The minimum atomic E-state index is 0.677. The first kappa shape index (κ1) is 13.0. The lowest BCUT2D eigenvalue weighted by atomic mass is 10.1. The Morgan fingerprint density at radius 2 is 1.72 bits per heavy atom. The van der Waals surface area contributed by atoms with E-state index in [0.717, 1.165) is 18.7 Å². The van der Waals surface area contributed by atoms with Gasteiger partial charge in [0.2, 0.25) is 0 Å². The van der Waals surface area contributed by atoms with Gasteiger partial charge in [0.15, 0.2) is 0 Å². The van der Waals surface area contributed by atoms with Gasteiger partial charge in [-0.1, -0.05) is 36.4 Å². The molecule has 0 aromatic heterocycles. The number of aryl methyl sites for hydroxylation is 2. The molecular weight excluding hydrogens is 242 g/mol. The Kier molecular flexibility index (Phi) is 4.66. The summed E-state index contributed by atoms with van der Waals surface area (Å²) in [6, 6.07) is 16.9. The summed E-state index contributed by atoms with van der Waals surface area (Å²) < 4.78 is 0. The number of anilines is 1. The predicted octanol–water partition coefficient (Wildman–Crippen LogP) is 4.39. The van der Waals surface area contributed by atoms with E-state index in [2.05, 4.69) is 60.8 Å². The Morgan fingerprint density at radius 1 is 1.00 bits per heavy atom. The van der Waals surface area contributed by atoms with Crippen LogP contribution in [0.2, 0.25) is 0 Å². The summed E-state index contributed by atoms with van der Waals surface area (Å²) in [5.41, 5.74) is 5.09. The van der Waals surface area contributed by atoms with E-state index in [0.29, 0.717) is 5.88 Å². The molecular formula is C16H18ClN. The van der Waals surface area contributed by atoms with Crippen molar-refractivity contribution in [2.45, 2.75) is 19.9 Å². The second kappa shape index (κ2) is 6.46. The molecule has 0 saturated heterocycles. The average molecular weight is 260 g/mol. The van der Waals surface area contributed by atoms with E-state index in [1.807, 2.05) is 0 Å². The zero-order chi connectivity index (χ0) is 12.8. The lowest BCUT2D eigenvalue weighted by Crippen LogP contribution is -2.01. The fraction of sp³-hybridized carbons (Fsp3) is 0.250. The molecule has 0 bridgehead atoms. The van der Waals surface area contributed by atoms with Gasteiger partial charge in [-0.15, -0.1) is 11.6 Å². The van der Waals surface area contributed by atoms with Gasteiger partial charge in [-0.25, -0.2) is 0 Å². The molecule has 0 aliphatic heterocycles. The summed E-state index contributed by atoms with van der Waals surface area (Å²) in [6.07, 6.45) is 0.930. The molecule has 0 aliphatic carbocycles. The van der Waals surface area contributed by atoms with Crippen molar-refractivity contribution >= 4 is 17.3 Å². The van der Waals surface area contributed by atoms with Gasteiger partial charge < -0.3 is 5.32 Å². The topological polar surface area (TPSA) is 12.0 Å². The van der Waals surface area contributed by atoms with Gasteiger partial charge in [0, 0.05) is 18.1 Å². The fourth-order valence-electron chi connectivity index (χ4n) is 1.90. The largest absolute Gasteiger partial charge is 0.381 e. The van der Waals surface area contributed by atoms with Gasteiger partial charge >= 0.3 is 0 Å². The van der Waals surface area contributed by atoms with Crippen molar-refractivity contribution in [1.29, 1.82) is 0 Å². The lowest BCUT2D eigenvalue weighted by molar-refractivity contribution is 1.11. The van der Waals surface area contributed by atoms with Crippen molar-refractivity contribution < 1.29 is 0 Å².